The van der Waals surface area contributed by atoms with Crippen LogP contribution in [0.2, 0.25) is 0 Å². The Bertz CT molecular complexity index is 1920. The number of rotatable bonds is 76. The number of phosphoric ester groups is 2. The van der Waals surface area contributed by atoms with Crippen LogP contribution in [0.4, 0.5) is 0 Å². The molecule has 0 aliphatic carbocycles. The van der Waals surface area contributed by atoms with Crippen LogP contribution in [0.5, 0.6) is 0 Å². The standard InChI is InChI=1S/C79H154O17P2/c1-69(2)55-47-39-31-24-18-14-11-9-10-12-16-20-27-35-43-51-59-76(81)89-65-74(95-79(84)62-54-46-37-29-23-22-26-33-41-49-57-71(5)6)67-93-97(85,86)91-63-73(80)64-92-98(87,88)94-68-75(66-90-77(82)60-52-44-38-30-34-42-50-58-72(7)8)96-78(83)61-53-45-36-28-21-17-13-15-19-25-32-40-48-56-70(3)4/h69-75,80H,9-68H2,1-8H3,(H,85,86)(H,87,88)/t73?,74-,75-/m1/s1. The molecule has 0 bridgehead atoms. The Kier molecular flexibility index (Phi) is 66.8. The van der Waals surface area contributed by atoms with E-state index in [-0.39, 0.29) is 25.7 Å². The van der Waals surface area contributed by atoms with Crippen LogP contribution in [0.25, 0.3) is 0 Å². The lowest BCUT2D eigenvalue weighted by atomic mass is 10.0. The number of hydrogen-bond acceptors (Lipinski definition) is 15. The fourth-order valence-electron chi connectivity index (χ4n) is 12.1. The lowest BCUT2D eigenvalue weighted by Crippen LogP contribution is -2.30. The SMILES string of the molecule is CC(C)CCCCCCCCCCCCCCCCCCC(=O)OC[C@H](COP(=O)(O)OCC(O)COP(=O)(O)OC[C@@H](COC(=O)CCCCCCCCCC(C)C)OC(=O)CCCCCCCCCCCCCCCC(C)C)OC(=O)CCCCCCCCCCCCC(C)C. The molecule has 19 heteroatoms. The minimum absolute atomic E-state index is 0.106. The molecule has 5 atom stereocenters. The molecule has 3 unspecified atom stereocenters. The molecule has 0 amide bonds. The van der Waals surface area contributed by atoms with Gasteiger partial charge in [0.2, 0.25) is 0 Å². The second-order valence-corrected chi connectivity index (χ2v) is 33.3. The predicted octanol–water partition coefficient (Wildman–Crippen LogP) is 23.2. The van der Waals surface area contributed by atoms with Gasteiger partial charge in [0.15, 0.2) is 12.2 Å². The van der Waals surface area contributed by atoms with Gasteiger partial charge in [-0.15, -0.1) is 0 Å². The van der Waals surface area contributed by atoms with Gasteiger partial charge in [-0.05, 0) is 49.4 Å². The zero-order valence-electron chi connectivity index (χ0n) is 64.4. The summed E-state index contributed by atoms with van der Waals surface area (Å²) in [4.78, 5) is 72.9. The van der Waals surface area contributed by atoms with Crippen LogP contribution in [0.1, 0.15) is 402 Å². The van der Waals surface area contributed by atoms with Crippen molar-refractivity contribution >= 4 is 39.5 Å². The molecule has 0 aliphatic rings. The largest absolute Gasteiger partial charge is 0.472 e. The third-order valence-electron chi connectivity index (χ3n) is 18.3. The Balaban J connectivity index is 5.22. The summed E-state index contributed by atoms with van der Waals surface area (Å²) in [5.74, 6) is 0.939. The molecule has 0 saturated heterocycles. The fourth-order valence-corrected chi connectivity index (χ4v) is 13.7. The average Bonchev–Trinajstić information content (AvgIpc) is 1.02. The molecule has 0 fully saturated rings. The topological polar surface area (TPSA) is 237 Å². The summed E-state index contributed by atoms with van der Waals surface area (Å²) in [5.41, 5.74) is 0. The Morgan fingerprint density at radius 2 is 0.429 bits per heavy atom. The van der Waals surface area contributed by atoms with Crippen molar-refractivity contribution in [3.05, 3.63) is 0 Å². The lowest BCUT2D eigenvalue weighted by molar-refractivity contribution is -0.161. The number of phosphoric acid groups is 2. The molecule has 0 aromatic carbocycles. The molecule has 0 heterocycles. The Morgan fingerprint density at radius 3 is 0.633 bits per heavy atom. The van der Waals surface area contributed by atoms with Crippen molar-refractivity contribution in [2.75, 3.05) is 39.6 Å². The molecule has 0 aromatic heterocycles. The molecule has 0 aromatic rings. The van der Waals surface area contributed by atoms with Crippen LogP contribution in [-0.4, -0.2) is 96.7 Å². The highest BCUT2D eigenvalue weighted by molar-refractivity contribution is 7.47. The third-order valence-corrected chi connectivity index (χ3v) is 20.2. The Morgan fingerprint density at radius 1 is 0.255 bits per heavy atom. The minimum atomic E-state index is -4.96. The predicted molar refractivity (Wildman–Crippen MR) is 400 cm³/mol. The number of hydrogen-bond donors (Lipinski definition) is 3. The van der Waals surface area contributed by atoms with Gasteiger partial charge in [-0.3, -0.25) is 37.3 Å². The van der Waals surface area contributed by atoms with Gasteiger partial charge in [0, 0.05) is 25.7 Å². The second kappa shape index (κ2) is 68.2. The number of unbranched alkanes of at least 4 members (excludes halogenated alkanes) is 42. The van der Waals surface area contributed by atoms with E-state index in [0.29, 0.717) is 31.6 Å². The van der Waals surface area contributed by atoms with E-state index in [2.05, 4.69) is 55.4 Å². The lowest BCUT2D eigenvalue weighted by Gasteiger charge is -2.21. The van der Waals surface area contributed by atoms with Crippen LogP contribution in [-0.2, 0) is 65.4 Å². The van der Waals surface area contributed by atoms with Crippen LogP contribution < -0.4 is 0 Å². The maximum Gasteiger partial charge on any atom is 0.472 e. The van der Waals surface area contributed by atoms with Crippen LogP contribution in [0.3, 0.4) is 0 Å². The highest BCUT2D eigenvalue weighted by Crippen LogP contribution is 2.45. The van der Waals surface area contributed by atoms with Gasteiger partial charge in [0.05, 0.1) is 26.4 Å². The van der Waals surface area contributed by atoms with Gasteiger partial charge in [-0.1, -0.05) is 351 Å². The molecule has 98 heavy (non-hydrogen) atoms. The average molecular weight is 1440 g/mol. The maximum atomic E-state index is 13.1. The maximum absolute atomic E-state index is 13.1. The Hall–Kier alpha value is -1.94. The van der Waals surface area contributed by atoms with Gasteiger partial charge >= 0.3 is 39.5 Å². The number of esters is 4. The molecule has 17 nitrogen and oxygen atoms in total. The van der Waals surface area contributed by atoms with Crippen LogP contribution in [0.15, 0.2) is 0 Å². The van der Waals surface area contributed by atoms with E-state index in [4.69, 9.17) is 37.0 Å². The van der Waals surface area contributed by atoms with E-state index >= 15 is 0 Å². The normalized spacial score (nSPS) is 14.1. The van der Waals surface area contributed by atoms with Gasteiger partial charge < -0.3 is 33.8 Å². The molecule has 0 rings (SSSR count). The van der Waals surface area contributed by atoms with E-state index in [1.165, 1.54) is 199 Å². The first-order chi connectivity index (χ1) is 47.1. The van der Waals surface area contributed by atoms with Crippen molar-refractivity contribution in [2.24, 2.45) is 23.7 Å². The molecule has 0 spiro atoms. The van der Waals surface area contributed by atoms with E-state index < -0.39 is 97.5 Å². The van der Waals surface area contributed by atoms with Crippen LogP contribution >= 0.6 is 15.6 Å². The number of carbonyl (C=O) groups is 4. The summed E-state index contributed by atoms with van der Waals surface area (Å²) in [7, 11) is -9.92. The molecule has 582 valence electrons. The summed E-state index contributed by atoms with van der Waals surface area (Å²) in [6, 6.07) is 0. The van der Waals surface area contributed by atoms with Crippen molar-refractivity contribution in [1.29, 1.82) is 0 Å². The highest BCUT2D eigenvalue weighted by atomic mass is 31.2. The third kappa shape index (κ3) is 72.4. The molecular weight excluding hydrogens is 1280 g/mol. The Labute approximate surface area is 600 Å². The summed E-state index contributed by atoms with van der Waals surface area (Å²) < 4.78 is 68.6. The fraction of sp³-hybridized carbons (Fsp3) is 0.949. The summed E-state index contributed by atoms with van der Waals surface area (Å²) in [6.45, 7) is 14.2. The van der Waals surface area contributed by atoms with Crippen molar-refractivity contribution in [3.63, 3.8) is 0 Å². The van der Waals surface area contributed by atoms with Crippen molar-refractivity contribution in [1.82, 2.24) is 0 Å². The van der Waals surface area contributed by atoms with Crippen LogP contribution in [0, 0.1) is 23.7 Å². The number of aliphatic hydroxyl groups is 1. The molecular formula is C79H154O17P2. The van der Waals surface area contributed by atoms with Gasteiger partial charge in [0.25, 0.3) is 0 Å². The number of aliphatic hydroxyl groups excluding tert-OH is 1. The smallest absolute Gasteiger partial charge is 0.462 e. The summed E-state index contributed by atoms with van der Waals surface area (Å²) >= 11 is 0. The highest BCUT2D eigenvalue weighted by Gasteiger charge is 2.30. The van der Waals surface area contributed by atoms with Gasteiger partial charge in [0.1, 0.15) is 19.3 Å². The molecule has 0 saturated carbocycles. The van der Waals surface area contributed by atoms with Crippen molar-refractivity contribution in [3.8, 4) is 0 Å². The van der Waals surface area contributed by atoms with Gasteiger partial charge in [-0.25, -0.2) is 9.13 Å². The summed E-state index contributed by atoms with van der Waals surface area (Å²) in [5, 5.41) is 10.6. The first-order valence-corrected chi connectivity index (χ1v) is 43.7. The van der Waals surface area contributed by atoms with E-state index in [0.717, 1.165) is 114 Å². The van der Waals surface area contributed by atoms with Crippen molar-refractivity contribution < 1.29 is 80.2 Å². The molecule has 3 N–H and O–H groups in total. The quantitative estimate of drug-likeness (QED) is 0.0222. The van der Waals surface area contributed by atoms with E-state index in [9.17, 15) is 43.2 Å². The first kappa shape index (κ1) is 96.1. The second-order valence-electron chi connectivity index (χ2n) is 30.4. The number of ether oxygens (including phenoxy) is 4. The van der Waals surface area contributed by atoms with E-state index in [1.807, 2.05) is 0 Å². The zero-order valence-corrected chi connectivity index (χ0v) is 66.2. The van der Waals surface area contributed by atoms with E-state index in [1.54, 1.807) is 0 Å². The summed E-state index contributed by atoms with van der Waals surface area (Å²) in [6.07, 6.45) is 54.2. The minimum Gasteiger partial charge on any atom is -0.462 e. The zero-order chi connectivity index (χ0) is 72.4. The van der Waals surface area contributed by atoms with Gasteiger partial charge in [-0.2, -0.15) is 0 Å². The first-order valence-electron chi connectivity index (χ1n) is 40.7. The molecule has 0 aliphatic heterocycles. The monoisotopic (exact) mass is 1440 g/mol. The molecule has 0 radical (unpaired) electrons. The number of carbonyl (C=O) groups excluding carboxylic acids is 4. The van der Waals surface area contributed by atoms with Crippen molar-refractivity contribution in [2.45, 2.75) is 420 Å².